The van der Waals surface area contributed by atoms with Gasteiger partial charge in [0.15, 0.2) is 0 Å². The van der Waals surface area contributed by atoms with Crippen molar-refractivity contribution in [3.63, 3.8) is 0 Å². The van der Waals surface area contributed by atoms with Crippen molar-refractivity contribution in [1.29, 1.82) is 0 Å². The highest BCUT2D eigenvalue weighted by atomic mass is 35.5. The summed E-state index contributed by atoms with van der Waals surface area (Å²) in [4.78, 5) is 8.80. The third-order valence-electron chi connectivity index (χ3n) is 6.24. The highest BCUT2D eigenvalue weighted by Gasteiger charge is 2.45. The molecule has 134 valence electrons. The van der Waals surface area contributed by atoms with Crippen molar-refractivity contribution in [1.82, 2.24) is 19.7 Å². The van der Waals surface area contributed by atoms with Crippen LogP contribution in [0.2, 0.25) is 5.15 Å². The number of halogens is 1. The van der Waals surface area contributed by atoms with E-state index in [4.69, 9.17) is 16.1 Å². The van der Waals surface area contributed by atoms with Crippen molar-refractivity contribution in [2.75, 3.05) is 0 Å². The molecule has 6 nitrogen and oxygen atoms in total. The topological polar surface area (TPSA) is 77.0 Å². The predicted molar refractivity (Wildman–Crippen MR) is 96.2 cm³/mol. The average molecular weight is 371 g/mol. The van der Waals surface area contributed by atoms with E-state index in [2.05, 4.69) is 26.6 Å². The Hall–Kier alpha value is -1.92. The van der Waals surface area contributed by atoms with Crippen molar-refractivity contribution in [2.24, 2.45) is 0 Å². The Balaban J connectivity index is 1.73. The Morgan fingerprint density at radius 1 is 1.27 bits per heavy atom. The van der Waals surface area contributed by atoms with Crippen LogP contribution in [0.25, 0.3) is 22.3 Å². The number of aliphatic hydroxyl groups is 1. The van der Waals surface area contributed by atoms with Crippen molar-refractivity contribution in [2.45, 2.75) is 63.0 Å². The second kappa shape index (κ2) is 4.87. The molecule has 0 spiro atoms. The van der Waals surface area contributed by atoms with Crippen LogP contribution in [-0.4, -0.2) is 24.8 Å². The maximum absolute atomic E-state index is 10.9. The van der Waals surface area contributed by atoms with Gasteiger partial charge >= 0.3 is 0 Å². The van der Waals surface area contributed by atoms with Crippen LogP contribution in [0.1, 0.15) is 68.1 Å². The molecule has 3 aromatic rings. The minimum atomic E-state index is -0.557. The summed E-state index contributed by atoms with van der Waals surface area (Å²) in [5.74, 6) is 1.25. The van der Waals surface area contributed by atoms with Gasteiger partial charge in [0.1, 0.15) is 28.6 Å². The molecule has 2 saturated carbocycles. The molecule has 1 unspecified atom stereocenters. The van der Waals surface area contributed by atoms with E-state index in [1.54, 1.807) is 0 Å². The summed E-state index contributed by atoms with van der Waals surface area (Å²) in [5, 5.41) is 16.5. The van der Waals surface area contributed by atoms with Crippen molar-refractivity contribution in [3.8, 4) is 11.3 Å². The van der Waals surface area contributed by atoms with Crippen LogP contribution >= 0.6 is 11.6 Å². The molecule has 3 aliphatic carbocycles. The normalized spacial score (nSPS) is 23.6. The first kappa shape index (κ1) is 15.2. The standard InChI is InChI=1S/C19H19ClN4O2/c1-19(6-7-19)24-10-4-5-11(25)13-15(23-26-16(13)9-2-3-9)12(10)14-17(20)21-8-22-18(14)24/h8-9,11,25H,2-7H2,1H3. The van der Waals surface area contributed by atoms with Gasteiger partial charge in [-0.05, 0) is 45.4 Å². The van der Waals surface area contributed by atoms with Gasteiger partial charge in [-0.2, -0.15) is 0 Å². The van der Waals surface area contributed by atoms with Gasteiger partial charge in [0, 0.05) is 22.7 Å². The summed E-state index contributed by atoms with van der Waals surface area (Å²) in [6.45, 7) is 2.25. The Kier molecular flexibility index (Phi) is 2.84. The van der Waals surface area contributed by atoms with Crippen LogP contribution in [-0.2, 0) is 12.0 Å². The maximum atomic E-state index is 10.9. The van der Waals surface area contributed by atoms with E-state index in [-0.39, 0.29) is 5.54 Å². The van der Waals surface area contributed by atoms with E-state index in [9.17, 15) is 5.11 Å². The van der Waals surface area contributed by atoms with Gasteiger partial charge in [0.2, 0.25) is 0 Å². The third-order valence-corrected chi connectivity index (χ3v) is 6.53. The van der Waals surface area contributed by atoms with Crippen molar-refractivity contribution >= 4 is 22.6 Å². The zero-order chi connectivity index (χ0) is 17.6. The van der Waals surface area contributed by atoms with E-state index in [0.29, 0.717) is 17.5 Å². The second-order valence-corrected chi connectivity index (χ2v) is 8.51. The molecule has 3 heterocycles. The summed E-state index contributed by atoms with van der Waals surface area (Å²) in [6, 6.07) is 0. The summed E-state index contributed by atoms with van der Waals surface area (Å²) in [7, 11) is 0. The molecular formula is C19H19ClN4O2. The molecule has 2 fully saturated rings. The minimum Gasteiger partial charge on any atom is -0.388 e. The molecule has 3 aliphatic rings. The molecule has 1 atom stereocenters. The van der Waals surface area contributed by atoms with E-state index in [1.165, 1.54) is 6.33 Å². The number of hydrogen-bond acceptors (Lipinski definition) is 5. The molecule has 1 N–H and O–H groups in total. The van der Waals surface area contributed by atoms with E-state index in [0.717, 1.165) is 71.4 Å². The van der Waals surface area contributed by atoms with Crippen LogP contribution < -0.4 is 0 Å². The highest BCUT2D eigenvalue weighted by molar-refractivity contribution is 6.35. The van der Waals surface area contributed by atoms with Gasteiger partial charge in [0.05, 0.1) is 17.1 Å². The fourth-order valence-electron chi connectivity index (χ4n) is 4.47. The Morgan fingerprint density at radius 3 is 2.81 bits per heavy atom. The van der Waals surface area contributed by atoms with Crippen LogP contribution in [0.4, 0.5) is 0 Å². The third kappa shape index (κ3) is 1.89. The van der Waals surface area contributed by atoms with Gasteiger partial charge < -0.3 is 14.2 Å². The van der Waals surface area contributed by atoms with Gasteiger partial charge in [0.25, 0.3) is 0 Å². The van der Waals surface area contributed by atoms with Gasteiger partial charge in [-0.1, -0.05) is 16.8 Å². The monoisotopic (exact) mass is 370 g/mol. The molecule has 0 aliphatic heterocycles. The Morgan fingerprint density at radius 2 is 2.08 bits per heavy atom. The zero-order valence-electron chi connectivity index (χ0n) is 14.5. The summed E-state index contributed by atoms with van der Waals surface area (Å²) in [5.41, 5.74) is 4.62. The van der Waals surface area contributed by atoms with Gasteiger partial charge in [-0.3, -0.25) is 0 Å². The van der Waals surface area contributed by atoms with Crippen LogP contribution in [0.5, 0.6) is 0 Å². The fourth-order valence-corrected chi connectivity index (χ4v) is 4.69. The van der Waals surface area contributed by atoms with Crippen LogP contribution in [0, 0.1) is 0 Å². The lowest BCUT2D eigenvalue weighted by Gasteiger charge is -2.17. The van der Waals surface area contributed by atoms with Crippen LogP contribution in [0.15, 0.2) is 10.9 Å². The SMILES string of the molecule is CC1(n2c3c(c4c(Cl)ncnc42)-c2noc(C4CC4)c2C(O)CC3)CC1. The Bertz CT molecular complexity index is 1060. The molecule has 6 rings (SSSR count). The molecule has 0 amide bonds. The number of rotatable bonds is 2. The largest absolute Gasteiger partial charge is 0.388 e. The number of nitrogens with zero attached hydrogens (tertiary/aromatic N) is 4. The summed E-state index contributed by atoms with van der Waals surface area (Å²) in [6.07, 6.45) is 6.82. The van der Waals surface area contributed by atoms with Crippen molar-refractivity contribution in [3.05, 3.63) is 28.5 Å². The molecule has 0 radical (unpaired) electrons. The molecule has 0 bridgehead atoms. The first-order chi connectivity index (χ1) is 12.6. The first-order valence-electron chi connectivity index (χ1n) is 9.30. The lowest BCUT2D eigenvalue weighted by atomic mass is 10.0. The van der Waals surface area contributed by atoms with E-state index < -0.39 is 6.10 Å². The minimum absolute atomic E-state index is 0.0576. The lowest BCUT2D eigenvalue weighted by Crippen LogP contribution is -2.16. The number of hydrogen-bond donors (Lipinski definition) is 1. The molecule has 7 heteroatoms. The highest BCUT2D eigenvalue weighted by Crippen LogP contribution is 2.53. The summed E-state index contributed by atoms with van der Waals surface area (Å²) < 4.78 is 8.04. The zero-order valence-corrected chi connectivity index (χ0v) is 15.3. The van der Waals surface area contributed by atoms with E-state index >= 15 is 0 Å². The maximum Gasteiger partial charge on any atom is 0.146 e. The predicted octanol–water partition coefficient (Wildman–Crippen LogP) is 4.11. The van der Waals surface area contributed by atoms with Crippen LogP contribution in [0.3, 0.4) is 0 Å². The smallest absolute Gasteiger partial charge is 0.146 e. The second-order valence-electron chi connectivity index (χ2n) is 8.15. The number of aromatic nitrogens is 4. The number of fused-ring (bicyclic) bond motifs is 5. The molecular weight excluding hydrogens is 352 g/mol. The first-order valence-corrected chi connectivity index (χ1v) is 9.68. The lowest BCUT2D eigenvalue weighted by molar-refractivity contribution is 0.165. The molecule has 0 aromatic carbocycles. The van der Waals surface area contributed by atoms with E-state index in [1.807, 2.05) is 0 Å². The average Bonchev–Trinajstić information content (AvgIpc) is 3.53. The molecule has 0 saturated heterocycles. The Labute approximate surface area is 155 Å². The van der Waals surface area contributed by atoms with Gasteiger partial charge in [-0.15, -0.1) is 0 Å². The van der Waals surface area contributed by atoms with Crippen molar-refractivity contribution < 1.29 is 9.63 Å². The fraction of sp³-hybridized carbons (Fsp3) is 0.526. The molecule has 3 aromatic heterocycles. The quantitative estimate of drug-likeness (QED) is 0.687. The number of aliphatic hydroxyl groups excluding tert-OH is 1. The van der Waals surface area contributed by atoms with Gasteiger partial charge in [-0.25, -0.2) is 9.97 Å². The molecule has 26 heavy (non-hydrogen) atoms. The summed E-state index contributed by atoms with van der Waals surface area (Å²) >= 11 is 6.53.